The summed E-state index contributed by atoms with van der Waals surface area (Å²) < 4.78 is 46.0. The maximum Gasteiger partial charge on any atom is 0.244 e. The summed E-state index contributed by atoms with van der Waals surface area (Å²) in [5, 5.41) is 9.06. The van der Waals surface area contributed by atoms with E-state index in [4.69, 9.17) is 21.1 Å². The second kappa shape index (κ2) is 6.15. The zero-order chi connectivity index (χ0) is 15.6. The van der Waals surface area contributed by atoms with Gasteiger partial charge in [0.2, 0.25) is 10.0 Å². The van der Waals surface area contributed by atoms with Crippen molar-refractivity contribution >= 4 is 21.6 Å². The van der Waals surface area contributed by atoms with Gasteiger partial charge in [-0.05, 0) is 31.2 Å². The third kappa shape index (κ3) is 3.44. The van der Waals surface area contributed by atoms with E-state index in [0.717, 1.165) is 6.07 Å². The zero-order valence-electron chi connectivity index (χ0n) is 11.0. The molecule has 2 N–H and O–H groups in total. The lowest BCUT2D eigenvalue weighted by Crippen LogP contribution is -2.27. The molecule has 0 aliphatic carbocycles. The first-order valence-electron chi connectivity index (χ1n) is 5.99. The Morgan fingerprint density at radius 2 is 2.19 bits per heavy atom. The van der Waals surface area contributed by atoms with Crippen molar-refractivity contribution in [1.29, 1.82) is 0 Å². The summed E-state index contributed by atoms with van der Waals surface area (Å²) in [7, 11) is -4.15. The zero-order valence-corrected chi connectivity index (χ0v) is 12.6. The quantitative estimate of drug-likeness (QED) is 0.881. The van der Waals surface area contributed by atoms with Gasteiger partial charge in [-0.2, -0.15) is 0 Å². The Morgan fingerprint density at radius 1 is 1.48 bits per heavy atom. The maximum absolute atomic E-state index is 14.1. The molecule has 1 unspecified atom stereocenters. The third-order valence-corrected chi connectivity index (χ3v) is 4.60. The number of rotatable bonds is 5. The number of aliphatic hydroxyl groups excluding tert-OH is 1. The van der Waals surface area contributed by atoms with Crippen molar-refractivity contribution in [2.75, 3.05) is 0 Å². The number of hydrogen-bond donors (Lipinski definition) is 2. The fraction of sp³-hybridized carbons (Fsp3) is 0.231. The third-order valence-electron chi connectivity index (χ3n) is 2.84. The van der Waals surface area contributed by atoms with Crippen molar-refractivity contribution in [2.24, 2.45) is 0 Å². The fourth-order valence-electron chi connectivity index (χ4n) is 1.82. The lowest BCUT2D eigenvalue weighted by molar-refractivity contribution is 0.274. The largest absolute Gasteiger partial charge is 0.468 e. The van der Waals surface area contributed by atoms with E-state index in [1.807, 2.05) is 0 Å². The number of sulfonamides is 1. The molecule has 0 radical (unpaired) electrons. The molecule has 1 heterocycles. The Kier molecular flexibility index (Phi) is 4.67. The molecule has 0 spiro atoms. The average molecular weight is 334 g/mol. The van der Waals surface area contributed by atoms with Gasteiger partial charge >= 0.3 is 0 Å². The number of benzene rings is 1. The second-order valence-electron chi connectivity index (χ2n) is 4.39. The maximum atomic E-state index is 14.1. The highest BCUT2D eigenvalue weighted by Gasteiger charge is 2.25. The molecule has 0 aliphatic rings. The summed E-state index contributed by atoms with van der Waals surface area (Å²) in [4.78, 5) is -0.613. The molecule has 0 bridgehead atoms. The van der Waals surface area contributed by atoms with Crippen molar-refractivity contribution in [1.82, 2.24) is 4.72 Å². The monoisotopic (exact) mass is 333 g/mol. The summed E-state index contributed by atoms with van der Waals surface area (Å²) in [6, 6.07) is 4.70. The van der Waals surface area contributed by atoms with Gasteiger partial charge in [0, 0.05) is 10.6 Å². The fourth-order valence-corrected chi connectivity index (χ4v) is 3.48. The van der Waals surface area contributed by atoms with Crippen molar-refractivity contribution in [3.05, 3.63) is 52.7 Å². The first-order valence-corrected chi connectivity index (χ1v) is 7.86. The van der Waals surface area contributed by atoms with Crippen LogP contribution in [0.5, 0.6) is 0 Å². The van der Waals surface area contributed by atoms with Crippen LogP contribution in [0.3, 0.4) is 0 Å². The van der Waals surface area contributed by atoms with Crippen LogP contribution in [0.4, 0.5) is 4.39 Å². The molecule has 0 aliphatic heterocycles. The predicted molar refractivity (Wildman–Crippen MR) is 74.8 cm³/mol. The van der Waals surface area contributed by atoms with E-state index in [0.29, 0.717) is 5.76 Å². The standard InChI is InChI=1S/C13H13ClFNO4S/c1-8(11-3-2-4-20-11)16-21(18,19)12-6-10(14)5-9(7-17)13(12)15/h2-6,8,16-17H,7H2,1H3. The van der Waals surface area contributed by atoms with Crippen LogP contribution in [0.25, 0.3) is 0 Å². The van der Waals surface area contributed by atoms with Crippen LogP contribution in [-0.2, 0) is 16.6 Å². The molecule has 1 atom stereocenters. The van der Waals surface area contributed by atoms with E-state index in [-0.39, 0.29) is 10.6 Å². The van der Waals surface area contributed by atoms with Crippen LogP contribution in [0.1, 0.15) is 24.3 Å². The molecule has 21 heavy (non-hydrogen) atoms. The van der Waals surface area contributed by atoms with Gasteiger partial charge in [0.25, 0.3) is 0 Å². The minimum Gasteiger partial charge on any atom is -0.468 e. The molecule has 114 valence electrons. The molecule has 1 aromatic carbocycles. The van der Waals surface area contributed by atoms with E-state index >= 15 is 0 Å². The van der Waals surface area contributed by atoms with E-state index in [1.54, 1.807) is 19.1 Å². The Labute approximate surface area is 126 Å². The molecule has 0 saturated heterocycles. The van der Waals surface area contributed by atoms with E-state index < -0.39 is 33.4 Å². The summed E-state index contributed by atoms with van der Waals surface area (Å²) in [5.41, 5.74) is -0.187. The molecule has 5 nitrogen and oxygen atoms in total. The van der Waals surface area contributed by atoms with Crippen molar-refractivity contribution in [2.45, 2.75) is 24.5 Å². The van der Waals surface area contributed by atoms with E-state index in [2.05, 4.69) is 4.72 Å². The predicted octanol–water partition coefficient (Wildman–Crippen LogP) is 2.60. The van der Waals surface area contributed by atoms with Gasteiger partial charge < -0.3 is 9.52 Å². The van der Waals surface area contributed by atoms with Gasteiger partial charge in [0.1, 0.15) is 16.5 Å². The van der Waals surface area contributed by atoms with Crippen molar-refractivity contribution in [3.8, 4) is 0 Å². The highest BCUT2D eigenvalue weighted by molar-refractivity contribution is 7.89. The number of halogens is 2. The van der Waals surface area contributed by atoms with Gasteiger partial charge in [-0.1, -0.05) is 11.6 Å². The summed E-state index contributed by atoms with van der Waals surface area (Å²) in [5.74, 6) is -0.635. The molecule has 1 aromatic heterocycles. The normalized spacial score (nSPS) is 13.3. The Morgan fingerprint density at radius 3 is 2.76 bits per heavy atom. The SMILES string of the molecule is CC(NS(=O)(=O)c1cc(Cl)cc(CO)c1F)c1ccco1. The lowest BCUT2D eigenvalue weighted by atomic mass is 10.2. The lowest BCUT2D eigenvalue weighted by Gasteiger charge is -2.14. The summed E-state index contributed by atoms with van der Waals surface area (Å²) in [6.45, 7) is 0.911. The molecular formula is C13H13ClFNO4S. The highest BCUT2D eigenvalue weighted by Crippen LogP contribution is 2.25. The Bertz CT molecular complexity index is 731. The van der Waals surface area contributed by atoms with Crippen LogP contribution >= 0.6 is 11.6 Å². The van der Waals surface area contributed by atoms with Gasteiger partial charge in [-0.3, -0.25) is 0 Å². The number of aliphatic hydroxyl groups is 1. The number of furan rings is 1. The van der Waals surface area contributed by atoms with E-state index in [1.165, 1.54) is 12.3 Å². The number of nitrogens with one attached hydrogen (secondary N) is 1. The van der Waals surface area contributed by atoms with Crippen molar-refractivity contribution in [3.63, 3.8) is 0 Å². The first-order chi connectivity index (χ1) is 9.85. The van der Waals surface area contributed by atoms with E-state index in [9.17, 15) is 12.8 Å². The minimum atomic E-state index is -4.15. The smallest absolute Gasteiger partial charge is 0.244 e. The van der Waals surface area contributed by atoms with Crippen LogP contribution in [0, 0.1) is 5.82 Å². The summed E-state index contributed by atoms with van der Waals surface area (Å²) in [6.07, 6.45) is 1.41. The highest BCUT2D eigenvalue weighted by atomic mass is 35.5. The minimum absolute atomic E-state index is 0.0199. The van der Waals surface area contributed by atoms with Crippen LogP contribution < -0.4 is 4.72 Å². The van der Waals surface area contributed by atoms with Crippen LogP contribution in [-0.4, -0.2) is 13.5 Å². The van der Waals surface area contributed by atoms with Gasteiger partial charge in [-0.25, -0.2) is 17.5 Å². The molecule has 0 fully saturated rings. The molecule has 0 amide bonds. The van der Waals surface area contributed by atoms with Crippen molar-refractivity contribution < 1.29 is 22.3 Å². The first kappa shape index (κ1) is 16.0. The van der Waals surface area contributed by atoms with Crippen LogP contribution in [0.15, 0.2) is 39.8 Å². The number of hydrogen-bond acceptors (Lipinski definition) is 4. The summed E-state index contributed by atoms with van der Waals surface area (Å²) >= 11 is 5.75. The molecule has 2 aromatic rings. The Hall–Kier alpha value is -1.41. The second-order valence-corrected chi connectivity index (χ2v) is 6.51. The topological polar surface area (TPSA) is 79.5 Å². The molecule has 2 rings (SSSR count). The van der Waals surface area contributed by atoms with Gasteiger partial charge in [0.05, 0.1) is 18.9 Å². The average Bonchev–Trinajstić information content (AvgIpc) is 2.94. The Balaban J connectivity index is 2.38. The van der Waals surface area contributed by atoms with Gasteiger partial charge in [0.15, 0.2) is 0 Å². The molecule has 8 heteroatoms. The van der Waals surface area contributed by atoms with Gasteiger partial charge in [-0.15, -0.1) is 0 Å². The molecular weight excluding hydrogens is 321 g/mol. The molecule has 0 saturated carbocycles. The van der Waals surface area contributed by atoms with Crippen LogP contribution in [0.2, 0.25) is 5.02 Å².